The number of piperidine rings is 1. The standard InChI is InChI=1S/C25H30FN3O2/c1-18(14-23(30)20-8-9-22(26)19(2)15-20)16-28-12-10-25(11-13-28)24(31)27-17-29(25)21-6-4-3-5-7-21/h3-9,15,18H,10-14,16-17H2,1-2H3,(H,27,31)/t18-/m1/s1. The molecule has 2 aliphatic rings. The lowest BCUT2D eigenvalue weighted by Crippen LogP contribution is -2.56. The van der Waals surface area contributed by atoms with Crippen molar-refractivity contribution in [2.75, 3.05) is 31.2 Å². The van der Waals surface area contributed by atoms with Crippen LogP contribution in [-0.2, 0) is 4.79 Å². The summed E-state index contributed by atoms with van der Waals surface area (Å²) in [6.45, 7) is 6.77. The summed E-state index contributed by atoms with van der Waals surface area (Å²) in [5, 5.41) is 3.03. The highest BCUT2D eigenvalue weighted by Crippen LogP contribution is 2.36. The smallest absolute Gasteiger partial charge is 0.247 e. The SMILES string of the molecule is Cc1cc(C(=O)C[C@@H](C)CN2CCC3(CC2)C(=O)NCN3c2ccccc2)ccc1F. The van der Waals surface area contributed by atoms with E-state index in [0.717, 1.165) is 38.2 Å². The molecule has 0 bridgehead atoms. The molecular weight excluding hydrogens is 393 g/mol. The summed E-state index contributed by atoms with van der Waals surface area (Å²) in [5.74, 6) is 0.0716. The molecule has 0 radical (unpaired) electrons. The Morgan fingerprint density at radius 3 is 2.55 bits per heavy atom. The van der Waals surface area contributed by atoms with E-state index in [1.165, 1.54) is 6.07 Å². The van der Waals surface area contributed by atoms with Gasteiger partial charge in [0.25, 0.3) is 0 Å². The van der Waals surface area contributed by atoms with Gasteiger partial charge < -0.3 is 15.1 Å². The zero-order valence-electron chi connectivity index (χ0n) is 18.2. The summed E-state index contributed by atoms with van der Waals surface area (Å²) in [6.07, 6.45) is 1.97. The summed E-state index contributed by atoms with van der Waals surface area (Å²) in [6, 6.07) is 14.7. The quantitative estimate of drug-likeness (QED) is 0.719. The van der Waals surface area contributed by atoms with Gasteiger partial charge in [-0.3, -0.25) is 9.59 Å². The number of rotatable bonds is 6. The lowest BCUT2D eigenvalue weighted by Gasteiger charge is -2.43. The van der Waals surface area contributed by atoms with E-state index in [4.69, 9.17) is 0 Å². The summed E-state index contributed by atoms with van der Waals surface area (Å²) >= 11 is 0. The number of likely N-dealkylation sites (tertiary alicyclic amines) is 1. The predicted octanol–water partition coefficient (Wildman–Crippen LogP) is 3.77. The van der Waals surface area contributed by atoms with E-state index in [9.17, 15) is 14.0 Å². The fourth-order valence-corrected chi connectivity index (χ4v) is 4.90. The maximum absolute atomic E-state index is 13.5. The van der Waals surface area contributed by atoms with Crippen LogP contribution in [0.25, 0.3) is 0 Å². The van der Waals surface area contributed by atoms with Crippen molar-refractivity contribution in [3.05, 3.63) is 65.5 Å². The van der Waals surface area contributed by atoms with Gasteiger partial charge in [0.15, 0.2) is 5.78 Å². The number of benzene rings is 2. The molecule has 5 nitrogen and oxygen atoms in total. The number of para-hydroxylation sites is 1. The van der Waals surface area contributed by atoms with E-state index in [-0.39, 0.29) is 23.4 Å². The molecule has 2 aliphatic heterocycles. The van der Waals surface area contributed by atoms with Crippen LogP contribution in [0.2, 0.25) is 0 Å². The number of carbonyl (C=O) groups excluding carboxylic acids is 2. The molecule has 2 saturated heterocycles. The number of Topliss-reactive ketones (excluding diaryl/α,β-unsaturated/α-hetero) is 1. The first-order chi connectivity index (χ1) is 14.9. The minimum absolute atomic E-state index is 0.0505. The highest BCUT2D eigenvalue weighted by molar-refractivity contribution is 5.96. The van der Waals surface area contributed by atoms with Crippen LogP contribution in [0.3, 0.4) is 0 Å². The summed E-state index contributed by atoms with van der Waals surface area (Å²) in [5.41, 5.74) is 1.66. The van der Waals surface area contributed by atoms with Crippen molar-refractivity contribution in [2.45, 2.75) is 38.6 Å². The fourth-order valence-electron chi connectivity index (χ4n) is 4.90. The molecule has 164 valence electrons. The number of nitrogens with zero attached hydrogens (tertiary/aromatic N) is 2. The molecule has 0 aromatic heterocycles. The van der Waals surface area contributed by atoms with Gasteiger partial charge in [0.1, 0.15) is 11.4 Å². The van der Waals surface area contributed by atoms with E-state index >= 15 is 0 Å². The van der Waals surface area contributed by atoms with Gasteiger partial charge in [0.2, 0.25) is 5.91 Å². The minimum atomic E-state index is -0.484. The van der Waals surface area contributed by atoms with Gasteiger partial charge in [-0.05, 0) is 61.6 Å². The summed E-state index contributed by atoms with van der Waals surface area (Å²) < 4.78 is 13.5. The van der Waals surface area contributed by atoms with Crippen LogP contribution < -0.4 is 10.2 Å². The number of hydrogen-bond donors (Lipinski definition) is 1. The number of anilines is 1. The number of hydrogen-bond acceptors (Lipinski definition) is 4. The molecule has 1 amide bonds. The molecule has 1 atom stereocenters. The third-order valence-corrected chi connectivity index (χ3v) is 6.67. The second kappa shape index (κ2) is 8.79. The first kappa shape index (κ1) is 21.5. The Morgan fingerprint density at radius 1 is 1.16 bits per heavy atom. The van der Waals surface area contributed by atoms with Crippen LogP contribution in [0.4, 0.5) is 10.1 Å². The topological polar surface area (TPSA) is 52.7 Å². The second-order valence-corrected chi connectivity index (χ2v) is 8.96. The molecule has 2 aromatic carbocycles. The average molecular weight is 424 g/mol. The minimum Gasteiger partial charge on any atom is -0.339 e. The highest BCUT2D eigenvalue weighted by Gasteiger charge is 2.50. The number of carbonyl (C=O) groups is 2. The van der Waals surface area contributed by atoms with Crippen LogP contribution in [0.15, 0.2) is 48.5 Å². The van der Waals surface area contributed by atoms with Crippen molar-refractivity contribution >= 4 is 17.4 Å². The average Bonchev–Trinajstić information content (AvgIpc) is 3.08. The van der Waals surface area contributed by atoms with Crippen LogP contribution in [0.1, 0.15) is 42.1 Å². The van der Waals surface area contributed by atoms with Gasteiger partial charge in [-0.2, -0.15) is 0 Å². The Kier molecular flexibility index (Phi) is 6.10. The van der Waals surface area contributed by atoms with Crippen molar-refractivity contribution < 1.29 is 14.0 Å². The van der Waals surface area contributed by atoms with E-state index in [1.54, 1.807) is 19.1 Å². The van der Waals surface area contributed by atoms with Crippen molar-refractivity contribution in [3.8, 4) is 0 Å². The Balaban J connectivity index is 1.34. The van der Waals surface area contributed by atoms with Gasteiger partial charge in [-0.1, -0.05) is 25.1 Å². The van der Waals surface area contributed by atoms with E-state index in [0.29, 0.717) is 24.2 Å². The Hall–Kier alpha value is -2.73. The van der Waals surface area contributed by atoms with Crippen molar-refractivity contribution in [2.24, 2.45) is 5.92 Å². The lowest BCUT2D eigenvalue weighted by molar-refractivity contribution is -0.125. The van der Waals surface area contributed by atoms with Crippen molar-refractivity contribution in [3.63, 3.8) is 0 Å². The molecule has 31 heavy (non-hydrogen) atoms. The zero-order valence-corrected chi connectivity index (χ0v) is 18.2. The molecule has 1 N–H and O–H groups in total. The van der Waals surface area contributed by atoms with Gasteiger partial charge in [-0.25, -0.2) is 4.39 Å². The monoisotopic (exact) mass is 423 g/mol. The van der Waals surface area contributed by atoms with Crippen LogP contribution in [0, 0.1) is 18.7 Å². The van der Waals surface area contributed by atoms with Gasteiger partial charge in [0.05, 0.1) is 6.67 Å². The van der Waals surface area contributed by atoms with Crippen LogP contribution >= 0.6 is 0 Å². The summed E-state index contributed by atoms with van der Waals surface area (Å²) in [4.78, 5) is 29.9. The highest BCUT2D eigenvalue weighted by atomic mass is 19.1. The van der Waals surface area contributed by atoms with Crippen molar-refractivity contribution in [1.82, 2.24) is 10.2 Å². The maximum Gasteiger partial charge on any atom is 0.247 e. The maximum atomic E-state index is 13.5. The first-order valence-electron chi connectivity index (χ1n) is 11.0. The molecular formula is C25H30FN3O2. The number of halogens is 1. The number of nitrogens with one attached hydrogen (secondary N) is 1. The summed E-state index contributed by atoms with van der Waals surface area (Å²) in [7, 11) is 0. The Bertz CT molecular complexity index is 954. The Labute approximate surface area is 183 Å². The molecule has 6 heteroatoms. The molecule has 0 unspecified atom stereocenters. The molecule has 2 heterocycles. The number of ketones is 1. The van der Waals surface area contributed by atoms with E-state index in [1.807, 2.05) is 18.2 Å². The lowest BCUT2D eigenvalue weighted by atomic mass is 9.85. The zero-order chi connectivity index (χ0) is 22.0. The molecule has 2 fully saturated rings. The molecule has 4 rings (SSSR count). The van der Waals surface area contributed by atoms with Crippen LogP contribution in [0.5, 0.6) is 0 Å². The van der Waals surface area contributed by atoms with E-state index < -0.39 is 5.54 Å². The van der Waals surface area contributed by atoms with E-state index in [2.05, 4.69) is 34.2 Å². The fraction of sp³-hybridized carbons (Fsp3) is 0.440. The Morgan fingerprint density at radius 2 is 1.87 bits per heavy atom. The number of aryl methyl sites for hydroxylation is 1. The van der Waals surface area contributed by atoms with Crippen molar-refractivity contribution in [1.29, 1.82) is 0 Å². The second-order valence-electron chi connectivity index (χ2n) is 8.96. The molecule has 0 aliphatic carbocycles. The van der Waals surface area contributed by atoms with Gasteiger partial charge >= 0.3 is 0 Å². The third-order valence-electron chi connectivity index (χ3n) is 6.67. The molecule has 1 spiro atoms. The first-order valence-corrected chi connectivity index (χ1v) is 11.0. The van der Waals surface area contributed by atoms with Gasteiger partial charge in [0, 0.05) is 37.3 Å². The molecule has 2 aromatic rings. The van der Waals surface area contributed by atoms with Gasteiger partial charge in [-0.15, -0.1) is 0 Å². The molecule has 0 saturated carbocycles. The van der Waals surface area contributed by atoms with Crippen LogP contribution in [-0.4, -0.2) is 48.4 Å². The third kappa shape index (κ3) is 4.35. The largest absolute Gasteiger partial charge is 0.339 e. The number of amides is 1. The predicted molar refractivity (Wildman–Crippen MR) is 120 cm³/mol. The normalized spacial score (nSPS) is 19.5.